The molecule has 0 unspecified atom stereocenters. The summed E-state index contributed by atoms with van der Waals surface area (Å²) < 4.78 is 5.39. The maximum absolute atomic E-state index is 13.7. The molecule has 6 nitrogen and oxygen atoms in total. The van der Waals surface area contributed by atoms with E-state index in [1.54, 1.807) is 4.90 Å². The topological polar surface area (TPSA) is 61.9 Å². The van der Waals surface area contributed by atoms with Gasteiger partial charge in [-0.15, -0.1) is 0 Å². The zero-order valence-electron chi connectivity index (χ0n) is 21.0. The summed E-state index contributed by atoms with van der Waals surface area (Å²) in [6, 6.07) is 23.7. The molecule has 3 aromatic rings. The standard InChI is InChI=1S/C30H31N3O3S/c1-22-6-5-9-24(18-22)21-33-26-20-25(29(34)31-12-13-32-14-16-36-17-15-32)10-11-27(26)37-28(30(33)35)19-23-7-3-2-4-8-23/h2-11,18-20H,12-17,21H2,1H3,(H,31,34)/b28-19-. The van der Waals surface area contributed by atoms with Crippen molar-refractivity contribution in [3.63, 3.8) is 0 Å². The summed E-state index contributed by atoms with van der Waals surface area (Å²) in [7, 11) is 0. The first-order chi connectivity index (χ1) is 18.1. The number of aryl methyl sites for hydroxylation is 1. The van der Waals surface area contributed by atoms with E-state index in [1.165, 1.54) is 11.8 Å². The highest BCUT2D eigenvalue weighted by Gasteiger charge is 2.30. The van der Waals surface area contributed by atoms with Crippen LogP contribution in [0.25, 0.3) is 6.08 Å². The lowest BCUT2D eigenvalue weighted by Gasteiger charge is -2.31. The van der Waals surface area contributed by atoms with Crippen molar-refractivity contribution in [2.75, 3.05) is 44.3 Å². The van der Waals surface area contributed by atoms with E-state index in [0.29, 0.717) is 23.6 Å². The molecule has 1 N–H and O–H groups in total. The first-order valence-corrected chi connectivity index (χ1v) is 13.4. The van der Waals surface area contributed by atoms with Gasteiger partial charge in [-0.25, -0.2) is 0 Å². The second kappa shape index (κ2) is 11.8. The van der Waals surface area contributed by atoms with E-state index in [0.717, 1.165) is 60.1 Å². The van der Waals surface area contributed by atoms with Gasteiger partial charge in [0.1, 0.15) is 0 Å². The summed E-state index contributed by atoms with van der Waals surface area (Å²) in [5.74, 6) is -0.192. The van der Waals surface area contributed by atoms with Crippen molar-refractivity contribution in [3.05, 3.63) is 100.0 Å². The maximum atomic E-state index is 13.7. The van der Waals surface area contributed by atoms with Crippen LogP contribution in [0.3, 0.4) is 0 Å². The minimum absolute atomic E-state index is 0.0623. The average molecular weight is 514 g/mol. The molecular formula is C30H31N3O3S. The Bertz CT molecular complexity index is 1300. The highest BCUT2D eigenvalue weighted by atomic mass is 32.2. The van der Waals surface area contributed by atoms with Gasteiger partial charge in [0.05, 0.1) is 30.4 Å². The quantitative estimate of drug-likeness (QED) is 0.463. The predicted octanol–water partition coefficient (Wildman–Crippen LogP) is 4.74. The van der Waals surface area contributed by atoms with E-state index >= 15 is 0 Å². The van der Waals surface area contributed by atoms with Crippen molar-refractivity contribution in [3.8, 4) is 0 Å². The van der Waals surface area contributed by atoms with Crippen molar-refractivity contribution < 1.29 is 14.3 Å². The summed E-state index contributed by atoms with van der Waals surface area (Å²) in [5, 5.41) is 3.03. The summed E-state index contributed by atoms with van der Waals surface area (Å²) >= 11 is 1.45. The van der Waals surface area contributed by atoms with E-state index in [1.807, 2.05) is 79.7 Å². The van der Waals surface area contributed by atoms with Crippen molar-refractivity contribution in [1.82, 2.24) is 10.2 Å². The molecule has 2 amide bonds. The van der Waals surface area contributed by atoms with Crippen LogP contribution in [0.1, 0.15) is 27.0 Å². The molecule has 0 bridgehead atoms. The Balaban J connectivity index is 1.40. The molecule has 37 heavy (non-hydrogen) atoms. The number of anilines is 1. The summed E-state index contributed by atoms with van der Waals surface area (Å²) in [6.45, 7) is 7.10. The highest BCUT2D eigenvalue weighted by molar-refractivity contribution is 8.04. The van der Waals surface area contributed by atoms with Gasteiger partial charge in [0.2, 0.25) is 0 Å². The molecule has 0 atom stereocenters. The van der Waals surface area contributed by atoms with Gasteiger partial charge in [0.15, 0.2) is 0 Å². The van der Waals surface area contributed by atoms with Crippen LogP contribution in [0.4, 0.5) is 5.69 Å². The molecule has 2 aliphatic heterocycles. The van der Waals surface area contributed by atoms with Crippen LogP contribution < -0.4 is 10.2 Å². The number of fused-ring (bicyclic) bond motifs is 1. The minimum Gasteiger partial charge on any atom is -0.379 e. The van der Waals surface area contributed by atoms with E-state index in [2.05, 4.69) is 16.3 Å². The second-order valence-electron chi connectivity index (χ2n) is 9.29. The van der Waals surface area contributed by atoms with Crippen LogP contribution in [-0.2, 0) is 16.1 Å². The molecule has 1 fully saturated rings. The molecule has 2 aliphatic rings. The zero-order valence-corrected chi connectivity index (χ0v) is 21.8. The van der Waals surface area contributed by atoms with Gasteiger partial charge in [-0.1, -0.05) is 71.9 Å². The summed E-state index contributed by atoms with van der Waals surface area (Å²) in [4.78, 5) is 32.4. The lowest BCUT2D eigenvalue weighted by molar-refractivity contribution is -0.114. The Morgan fingerprint density at radius 2 is 1.84 bits per heavy atom. The number of hydrogen-bond donors (Lipinski definition) is 1. The number of amides is 2. The molecule has 0 spiro atoms. The third-order valence-electron chi connectivity index (χ3n) is 6.53. The van der Waals surface area contributed by atoms with Gasteiger partial charge in [0.25, 0.3) is 11.8 Å². The molecule has 3 aromatic carbocycles. The van der Waals surface area contributed by atoms with E-state index in [4.69, 9.17) is 4.74 Å². The van der Waals surface area contributed by atoms with E-state index in [-0.39, 0.29) is 11.8 Å². The van der Waals surface area contributed by atoms with Gasteiger partial charge >= 0.3 is 0 Å². The Morgan fingerprint density at radius 1 is 1.03 bits per heavy atom. The first kappa shape index (κ1) is 25.3. The Labute approximate surface area is 222 Å². The van der Waals surface area contributed by atoms with Gasteiger partial charge in [-0.3, -0.25) is 14.5 Å². The van der Waals surface area contributed by atoms with Crippen LogP contribution in [0.15, 0.2) is 82.6 Å². The number of morpholine rings is 1. The fourth-order valence-corrected chi connectivity index (χ4v) is 5.60. The van der Waals surface area contributed by atoms with Gasteiger partial charge < -0.3 is 15.0 Å². The van der Waals surface area contributed by atoms with Gasteiger partial charge in [-0.05, 0) is 42.3 Å². The Kier molecular flexibility index (Phi) is 8.04. The molecular weight excluding hydrogens is 482 g/mol. The maximum Gasteiger partial charge on any atom is 0.265 e. The molecule has 190 valence electrons. The smallest absolute Gasteiger partial charge is 0.265 e. The number of benzene rings is 3. The third kappa shape index (κ3) is 6.31. The number of carbonyl (C=O) groups is 2. The van der Waals surface area contributed by atoms with E-state index < -0.39 is 0 Å². The molecule has 2 heterocycles. The SMILES string of the molecule is Cc1cccc(CN2C(=O)/C(=C/c3ccccc3)Sc3ccc(C(=O)NCCN4CCOCC4)cc32)c1. The first-order valence-electron chi connectivity index (χ1n) is 12.6. The van der Waals surface area contributed by atoms with Gasteiger partial charge in [-0.2, -0.15) is 0 Å². The van der Waals surface area contributed by atoms with Crippen molar-refractivity contribution in [2.24, 2.45) is 0 Å². The fraction of sp³-hybridized carbons (Fsp3) is 0.267. The second-order valence-corrected chi connectivity index (χ2v) is 10.4. The molecule has 0 saturated carbocycles. The lowest BCUT2D eigenvalue weighted by Crippen LogP contribution is -2.41. The van der Waals surface area contributed by atoms with Crippen LogP contribution in [-0.4, -0.2) is 56.1 Å². The van der Waals surface area contributed by atoms with Crippen LogP contribution in [0.2, 0.25) is 0 Å². The Morgan fingerprint density at radius 3 is 2.62 bits per heavy atom. The van der Waals surface area contributed by atoms with Crippen molar-refractivity contribution in [2.45, 2.75) is 18.4 Å². The monoisotopic (exact) mass is 513 g/mol. The predicted molar refractivity (Wildman–Crippen MR) is 149 cm³/mol. The number of rotatable bonds is 7. The van der Waals surface area contributed by atoms with Crippen LogP contribution >= 0.6 is 11.8 Å². The number of nitrogens with zero attached hydrogens (tertiary/aromatic N) is 2. The highest BCUT2D eigenvalue weighted by Crippen LogP contribution is 2.43. The van der Waals surface area contributed by atoms with E-state index in [9.17, 15) is 9.59 Å². The number of hydrogen-bond acceptors (Lipinski definition) is 5. The summed E-state index contributed by atoms with van der Waals surface area (Å²) in [5.41, 5.74) is 4.49. The lowest BCUT2D eigenvalue weighted by atomic mass is 10.1. The van der Waals surface area contributed by atoms with Crippen molar-refractivity contribution in [1.29, 1.82) is 0 Å². The Hall–Kier alpha value is -3.39. The number of ether oxygens (including phenoxy) is 1. The number of thioether (sulfide) groups is 1. The third-order valence-corrected chi connectivity index (χ3v) is 7.60. The molecule has 5 rings (SSSR count). The van der Waals surface area contributed by atoms with Gasteiger partial charge in [0, 0.05) is 36.6 Å². The number of carbonyl (C=O) groups excluding carboxylic acids is 2. The van der Waals surface area contributed by atoms with Crippen LogP contribution in [0, 0.1) is 6.92 Å². The largest absolute Gasteiger partial charge is 0.379 e. The molecule has 0 aliphatic carbocycles. The number of nitrogens with one attached hydrogen (secondary N) is 1. The molecule has 0 aromatic heterocycles. The molecule has 7 heteroatoms. The van der Waals surface area contributed by atoms with Crippen molar-refractivity contribution >= 4 is 35.3 Å². The summed E-state index contributed by atoms with van der Waals surface area (Å²) in [6.07, 6.45) is 1.94. The molecule has 1 saturated heterocycles. The normalized spacial score (nSPS) is 17.1. The fourth-order valence-electron chi connectivity index (χ4n) is 4.56. The average Bonchev–Trinajstić information content (AvgIpc) is 2.92. The zero-order chi connectivity index (χ0) is 25.6. The molecule has 0 radical (unpaired) electrons. The minimum atomic E-state index is -0.130. The van der Waals surface area contributed by atoms with Crippen LogP contribution in [0.5, 0.6) is 0 Å².